The minimum Gasteiger partial charge on any atom is -0.550 e. The molecule has 0 bridgehead atoms. The second-order valence-corrected chi connectivity index (χ2v) is 3.84. The van der Waals surface area contributed by atoms with E-state index in [1.807, 2.05) is 0 Å². The van der Waals surface area contributed by atoms with Crippen LogP contribution in [0.15, 0.2) is 0 Å². The zero-order valence-electron chi connectivity index (χ0n) is 16.7. The third-order valence-corrected chi connectivity index (χ3v) is 0.642. The van der Waals surface area contributed by atoms with E-state index < -0.39 is 29.8 Å². The van der Waals surface area contributed by atoms with Crippen LogP contribution in [0.1, 0.15) is 34.6 Å². The Kier molecular flexibility index (Phi) is 71.6. The number of carbonyl (C=O) groups is 5. The maximum Gasteiger partial charge on any atom is 3.00 e. The van der Waals surface area contributed by atoms with E-state index in [-0.39, 0.29) is 25.8 Å². The van der Waals surface area contributed by atoms with Crippen LogP contribution in [0.25, 0.3) is 0 Å². The molecule has 0 saturated heterocycles. The monoisotopic (exact) mass is 515 g/mol. The molecule has 0 aliphatic heterocycles. The van der Waals surface area contributed by atoms with Crippen molar-refractivity contribution >= 4 is 55.7 Å². The Morgan fingerprint density at radius 2 is 0.786 bits per heavy atom. The molecule has 0 radical (unpaired) electrons. The zero-order chi connectivity index (χ0) is 23.4. The maximum atomic E-state index is 9.00. The van der Waals surface area contributed by atoms with Gasteiger partial charge in [-0.25, -0.2) is 0 Å². The first-order valence-electron chi connectivity index (χ1n) is 7.10. The number of hydrogen-bond donors (Lipinski definition) is 5. The van der Waals surface area contributed by atoms with E-state index in [1.54, 1.807) is 0 Å². The Labute approximate surface area is 182 Å². The largest absolute Gasteiger partial charge is 3.00 e. The summed E-state index contributed by atoms with van der Waals surface area (Å²) in [5.74, 6) is -4.92. The SMILES string of the molecule is CC(=O)O.CC(=O)O.CC(=O)[O-].CC(=O)[O-].CC(=O)[O-].NCCNCCN.[In+3]. The van der Waals surface area contributed by atoms with E-state index in [0.717, 1.165) is 47.7 Å². The van der Waals surface area contributed by atoms with E-state index in [1.165, 1.54) is 0 Å². The smallest absolute Gasteiger partial charge is 0.550 e. The van der Waals surface area contributed by atoms with Gasteiger partial charge in [0.05, 0.1) is 0 Å². The average Bonchev–Trinajstić information content (AvgIpc) is 2.35. The Morgan fingerprint density at radius 3 is 0.857 bits per heavy atom. The van der Waals surface area contributed by atoms with Crippen molar-refractivity contribution in [2.45, 2.75) is 34.6 Å². The predicted molar refractivity (Wildman–Crippen MR) is 95.4 cm³/mol. The van der Waals surface area contributed by atoms with Crippen molar-refractivity contribution in [1.82, 2.24) is 5.32 Å². The van der Waals surface area contributed by atoms with Gasteiger partial charge in [-0.2, -0.15) is 0 Å². The summed E-state index contributed by atoms with van der Waals surface area (Å²) in [5, 5.41) is 44.5. The number of aliphatic carboxylic acids is 5. The van der Waals surface area contributed by atoms with E-state index in [2.05, 4.69) is 5.32 Å². The van der Waals surface area contributed by atoms with E-state index in [9.17, 15) is 0 Å². The standard InChI is InChI=1S/C4H13N3.5C2H4O2.In/c5-1-3-7-4-2-6;5*1-2(3)4;/h7H,1-6H2;5*1H3,(H,3,4);/q;;;;;;+3/p-3. The molecular weight excluding hydrogens is 485 g/mol. The molecule has 0 aromatic rings. The summed E-state index contributed by atoms with van der Waals surface area (Å²) in [7, 11) is 0. The molecule has 0 atom stereocenters. The molecule has 0 aliphatic rings. The molecule has 7 N–H and O–H groups in total. The van der Waals surface area contributed by atoms with Crippen molar-refractivity contribution in [2.24, 2.45) is 11.5 Å². The Bertz CT molecular complexity index is 289. The Morgan fingerprint density at radius 1 is 0.679 bits per heavy atom. The molecule has 0 rings (SSSR count). The summed E-state index contributed by atoms with van der Waals surface area (Å²) in [4.78, 5) is 44.7. The number of nitrogens with two attached hydrogens (primary N) is 2. The van der Waals surface area contributed by atoms with E-state index >= 15 is 0 Å². The predicted octanol–water partition coefficient (Wildman–Crippen LogP) is -5.44. The molecule has 13 nitrogen and oxygen atoms in total. The topological polar surface area (TPSA) is 259 Å². The fourth-order valence-corrected chi connectivity index (χ4v) is 0.329. The minimum absolute atomic E-state index is 0. The molecular formula is C14H30InN3O10. The molecule has 0 heterocycles. The van der Waals surface area contributed by atoms with Crippen molar-refractivity contribution in [3.8, 4) is 0 Å². The molecule has 0 unspecified atom stereocenters. The molecule has 0 fully saturated rings. The van der Waals surface area contributed by atoms with Gasteiger partial charge in [-0.15, -0.1) is 0 Å². The summed E-state index contributed by atoms with van der Waals surface area (Å²) >= 11 is 0. The van der Waals surface area contributed by atoms with Crippen LogP contribution >= 0.6 is 0 Å². The molecule has 0 aromatic heterocycles. The van der Waals surface area contributed by atoms with Gasteiger partial charge < -0.3 is 56.7 Å². The number of carbonyl (C=O) groups excluding carboxylic acids is 3. The molecule has 0 saturated carbocycles. The van der Waals surface area contributed by atoms with Gasteiger partial charge in [-0.3, -0.25) is 9.59 Å². The van der Waals surface area contributed by atoms with Gasteiger partial charge in [0, 0.05) is 57.9 Å². The van der Waals surface area contributed by atoms with Gasteiger partial charge in [0.1, 0.15) is 0 Å². The van der Waals surface area contributed by atoms with Gasteiger partial charge in [-0.1, -0.05) is 0 Å². The van der Waals surface area contributed by atoms with Crippen LogP contribution in [-0.2, 0) is 24.0 Å². The quantitative estimate of drug-likeness (QED) is 0.219. The molecule has 164 valence electrons. The molecule has 28 heavy (non-hydrogen) atoms. The van der Waals surface area contributed by atoms with Crippen molar-refractivity contribution in [3.63, 3.8) is 0 Å². The molecule has 0 aliphatic carbocycles. The number of rotatable bonds is 4. The number of hydrogen-bond acceptors (Lipinski definition) is 11. The second-order valence-electron chi connectivity index (χ2n) is 3.84. The minimum atomic E-state index is -1.08. The third kappa shape index (κ3) is 2920. The number of carboxylic acids is 5. The van der Waals surface area contributed by atoms with Crippen LogP contribution in [-0.4, -0.2) is 92.1 Å². The first kappa shape index (κ1) is 45.1. The van der Waals surface area contributed by atoms with Crippen LogP contribution in [0, 0.1) is 0 Å². The summed E-state index contributed by atoms with van der Waals surface area (Å²) in [6, 6.07) is 0. The summed E-state index contributed by atoms with van der Waals surface area (Å²) in [6.45, 7) is 8.22. The number of nitrogens with one attached hydrogen (secondary N) is 1. The Hall–Kier alpha value is -1.90. The van der Waals surface area contributed by atoms with Crippen LogP contribution < -0.4 is 32.1 Å². The molecule has 0 amide bonds. The molecule has 0 spiro atoms. The fraction of sp³-hybridized carbons (Fsp3) is 0.643. The van der Waals surface area contributed by atoms with Crippen LogP contribution in [0.4, 0.5) is 0 Å². The molecule has 0 aromatic carbocycles. The van der Waals surface area contributed by atoms with E-state index in [4.69, 9.17) is 61.0 Å². The van der Waals surface area contributed by atoms with Crippen molar-refractivity contribution in [1.29, 1.82) is 0 Å². The summed E-state index contributed by atoms with van der Waals surface area (Å²) in [5.41, 5.74) is 10.3. The van der Waals surface area contributed by atoms with Crippen molar-refractivity contribution in [2.75, 3.05) is 26.2 Å². The first-order chi connectivity index (χ1) is 12.1. The van der Waals surface area contributed by atoms with E-state index in [0.29, 0.717) is 13.1 Å². The number of carboxylic acid groups (broad SMARTS) is 5. The van der Waals surface area contributed by atoms with Crippen molar-refractivity contribution in [3.05, 3.63) is 0 Å². The summed E-state index contributed by atoms with van der Waals surface area (Å²) in [6.07, 6.45) is 0. The van der Waals surface area contributed by atoms with Gasteiger partial charge >= 0.3 is 25.8 Å². The second kappa shape index (κ2) is 44.5. The van der Waals surface area contributed by atoms with Gasteiger partial charge in [0.15, 0.2) is 0 Å². The fourth-order valence-electron chi connectivity index (χ4n) is 0.329. The summed E-state index contributed by atoms with van der Waals surface area (Å²) < 4.78 is 0. The zero-order valence-corrected chi connectivity index (χ0v) is 20.0. The van der Waals surface area contributed by atoms with Gasteiger partial charge in [-0.05, 0) is 20.8 Å². The van der Waals surface area contributed by atoms with Crippen LogP contribution in [0.5, 0.6) is 0 Å². The molecule has 14 heteroatoms. The normalized spacial score (nSPS) is 6.82. The van der Waals surface area contributed by atoms with Gasteiger partial charge in [0.25, 0.3) is 11.9 Å². The Balaban J connectivity index is -0.0000000382. The van der Waals surface area contributed by atoms with Crippen molar-refractivity contribution < 1.29 is 49.5 Å². The maximum absolute atomic E-state index is 9.00. The van der Waals surface area contributed by atoms with Crippen LogP contribution in [0.3, 0.4) is 0 Å². The third-order valence-electron chi connectivity index (χ3n) is 0.642. The van der Waals surface area contributed by atoms with Crippen LogP contribution in [0.2, 0.25) is 0 Å². The van der Waals surface area contributed by atoms with Gasteiger partial charge in [0.2, 0.25) is 0 Å². The first-order valence-corrected chi connectivity index (χ1v) is 7.10. The average molecular weight is 515 g/mol.